The molecule has 0 aliphatic carbocycles. The monoisotopic (exact) mass is 256 g/mol. The Balaban J connectivity index is 2.22. The molecule has 0 amide bonds. The molecule has 1 aliphatic heterocycles. The zero-order valence-electron chi connectivity index (χ0n) is 11.8. The molecule has 0 aromatic heterocycles. The van der Waals surface area contributed by atoms with Gasteiger partial charge < -0.3 is 9.64 Å². The Bertz CT molecular complexity index is 528. The summed E-state index contributed by atoms with van der Waals surface area (Å²) in [6.07, 6.45) is 5.84. The second-order valence-electron chi connectivity index (χ2n) is 4.87. The van der Waals surface area contributed by atoms with Gasteiger partial charge >= 0.3 is 0 Å². The predicted molar refractivity (Wildman–Crippen MR) is 78.7 cm³/mol. The second kappa shape index (κ2) is 5.79. The van der Waals surface area contributed by atoms with E-state index in [1.54, 1.807) is 0 Å². The van der Waals surface area contributed by atoms with Gasteiger partial charge in [-0.15, -0.1) is 12.3 Å². The van der Waals surface area contributed by atoms with Crippen LogP contribution >= 0.6 is 0 Å². The number of nitrogens with zero attached hydrogens (tertiary/aromatic N) is 2. The van der Waals surface area contributed by atoms with Crippen molar-refractivity contribution in [2.45, 2.75) is 26.4 Å². The molecule has 3 heteroatoms. The van der Waals surface area contributed by atoms with Gasteiger partial charge in [0.1, 0.15) is 11.6 Å². The predicted octanol–water partition coefficient (Wildman–Crippen LogP) is 2.42. The summed E-state index contributed by atoms with van der Waals surface area (Å²) in [7, 11) is 2.03. The zero-order valence-corrected chi connectivity index (χ0v) is 11.8. The lowest BCUT2D eigenvalue weighted by atomic mass is 10.1. The highest BCUT2D eigenvalue weighted by molar-refractivity contribution is 5.88. The number of hydrogen-bond donors (Lipinski definition) is 0. The van der Waals surface area contributed by atoms with Crippen LogP contribution in [0.25, 0.3) is 0 Å². The molecule has 1 unspecified atom stereocenters. The molecule has 19 heavy (non-hydrogen) atoms. The summed E-state index contributed by atoms with van der Waals surface area (Å²) in [5.74, 6) is 4.54. The summed E-state index contributed by atoms with van der Waals surface area (Å²) in [6.45, 7) is 5.91. The molecule has 0 bridgehead atoms. The molecule has 1 atom stereocenters. The van der Waals surface area contributed by atoms with E-state index in [-0.39, 0.29) is 6.10 Å². The molecule has 0 radical (unpaired) electrons. The lowest BCUT2D eigenvalue weighted by Gasteiger charge is -2.24. The number of aliphatic imine (C=N–C) groups is 1. The third-order valence-corrected chi connectivity index (χ3v) is 3.52. The Kier molecular flexibility index (Phi) is 4.11. The van der Waals surface area contributed by atoms with Gasteiger partial charge in [0.15, 0.2) is 6.10 Å². The first kappa shape index (κ1) is 13.5. The van der Waals surface area contributed by atoms with Crippen LogP contribution in [0.3, 0.4) is 0 Å². The van der Waals surface area contributed by atoms with Crippen molar-refractivity contribution in [2.75, 3.05) is 20.1 Å². The topological polar surface area (TPSA) is 24.8 Å². The van der Waals surface area contributed by atoms with Gasteiger partial charge in [0.05, 0.1) is 13.0 Å². The molecule has 0 saturated heterocycles. The highest BCUT2D eigenvalue weighted by Crippen LogP contribution is 2.23. The van der Waals surface area contributed by atoms with E-state index >= 15 is 0 Å². The first-order valence-corrected chi connectivity index (χ1v) is 6.55. The Morgan fingerprint density at radius 1 is 1.47 bits per heavy atom. The van der Waals surface area contributed by atoms with E-state index < -0.39 is 0 Å². The van der Waals surface area contributed by atoms with E-state index in [2.05, 4.69) is 35.7 Å². The van der Waals surface area contributed by atoms with Crippen LogP contribution in [0.4, 0.5) is 0 Å². The highest BCUT2D eigenvalue weighted by Gasteiger charge is 2.24. The zero-order chi connectivity index (χ0) is 13.8. The fourth-order valence-electron chi connectivity index (χ4n) is 2.20. The van der Waals surface area contributed by atoms with Gasteiger partial charge in [0, 0.05) is 13.6 Å². The molecule has 100 valence electrons. The number of rotatable bonds is 4. The molecule has 0 fully saturated rings. The minimum Gasteiger partial charge on any atom is -0.481 e. The number of likely N-dealkylation sites (N-methyl/N-ethyl adjacent to an activating group) is 1. The summed E-state index contributed by atoms with van der Waals surface area (Å²) < 4.78 is 6.11. The van der Waals surface area contributed by atoms with Crippen molar-refractivity contribution in [3.63, 3.8) is 0 Å². The quantitative estimate of drug-likeness (QED) is 0.773. The normalized spacial score (nSPS) is 15.9. The molecule has 0 spiro atoms. The van der Waals surface area contributed by atoms with Crippen LogP contribution in [0.2, 0.25) is 0 Å². The van der Waals surface area contributed by atoms with E-state index in [0.717, 1.165) is 30.2 Å². The average Bonchev–Trinajstić information content (AvgIpc) is 2.80. The summed E-state index contributed by atoms with van der Waals surface area (Å²) in [4.78, 5) is 6.62. The summed E-state index contributed by atoms with van der Waals surface area (Å²) >= 11 is 0. The molecule has 0 N–H and O–H groups in total. The van der Waals surface area contributed by atoms with E-state index in [9.17, 15) is 0 Å². The Morgan fingerprint density at radius 2 is 2.26 bits per heavy atom. The van der Waals surface area contributed by atoms with E-state index in [1.165, 1.54) is 5.56 Å². The van der Waals surface area contributed by atoms with E-state index in [1.807, 2.05) is 19.2 Å². The largest absolute Gasteiger partial charge is 0.481 e. The van der Waals surface area contributed by atoms with Gasteiger partial charge in [0.25, 0.3) is 0 Å². The molecule has 3 nitrogen and oxygen atoms in total. The summed E-state index contributed by atoms with van der Waals surface area (Å²) in [5, 5.41) is 0. The van der Waals surface area contributed by atoms with Crippen molar-refractivity contribution in [2.24, 2.45) is 4.99 Å². The fourth-order valence-corrected chi connectivity index (χ4v) is 2.20. The molecule has 1 heterocycles. The Labute approximate surface area is 115 Å². The van der Waals surface area contributed by atoms with Crippen molar-refractivity contribution in [3.8, 4) is 18.1 Å². The van der Waals surface area contributed by atoms with E-state index in [0.29, 0.717) is 6.42 Å². The number of benzene rings is 1. The van der Waals surface area contributed by atoms with Crippen LogP contribution in [0.1, 0.15) is 17.5 Å². The summed E-state index contributed by atoms with van der Waals surface area (Å²) in [5.41, 5.74) is 2.38. The average molecular weight is 256 g/mol. The molecule has 0 saturated carbocycles. The smallest absolute Gasteiger partial charge is 0.166 e. The number of aryl methyl sites for hydroxylation is 1. The van der Waals surface area contributed by atoms with Gasteiger partial charge in [-0.1, -0.05) is 12.1 Å². The lowest BCUT2D eigenvalue weighted by molar-refractivity contribution is 0.256. The third kappa shape index (κ3) is 2.90. The minimum absolute atomic E-state index is 0.155. The van der Waals surface area contributed by atoms with Crippen LogP contribution in [0.15, 0.2) is 23.2 Å². The molecule has 1 aromatic rings. The van der Waals surface area contributed by atoms with Gasteiger partial charge in [-0.2, -0.15) is 0 Å². The third-order valence-electron chi connectivity index (χ3n) is 3.52. The Morgan fingerprint density at radius 3 is 2.89 bits per heavy atom. The van der Waals surface area contributed by atoms with Crippen molar-refractivity contribution in [3.05, 3.63) is 29.3 Å². The number of amidine groups is 1. The van der Waals surface area contributed by atoms with Gasteiger partial charge in [-0.3, -0.25) is 4.99 Å². The standard InChI is InChI=1S/C16H20N2O/c1-5-7-15(16-17-10-11-18(16)4)19-14-9-6-8-12(2)13(14)3/h1,6,8-9,15H,7,10-11H2,2-4H3. The number of terminal acetylenes is 1. The molecular weight excluding hydrogens is 236 g/mol. The molecule has 1 aromatic carbocycles. The second-order valence-corrected chi connectivity index (χ2v) is 4.87. The van der Waals surface area contributed by atoms with Gasteiger partial charge in [-0.25, -0.2) is 0 Å². The maximum Gasteiger partial charge on any atom is 0.166 e. The van der Waals surface area contributed by atoms with Crippen LogP contribution in [0, 0.1) is 26.2 Å². The number of ether oxygens (including phenoxy) is 1. The van der Waals surface area contributed by atoms with Crippen molar-refractivity contribution >= 4 is 5.84 Å². The first-order valence-electron chi connectivity index (χ1n) is 6.55. The number of hydrogen-bond acceptors (Lipinski definition) is 3. The minimum atomic E-state index is -0.155. The fraction of sp³-hybridized carbons (Fsp3) is 0.438. The summed E-state index contributed by atoms with van der Waals surface area (Å²) in [6, 6.07) is 6.07. The first-order chi connectivity index (χ1) is 9.13. The van der Waals surface area contributed by atoms with E-state index in [4.69, 9.17) is 11.2 Å². The molecule has 2 rings (SSSR count). The molecule has 1 aliphatic rings. The van der Waals surface area contributed by atoms with Gasteiger partial charge in [0.2, 0.25) is 0 Å². The van der Waals surface area contributed by atoms with Crippen LogP contribution in [0.5, 0.6) is 5.75 Å². The maximum atomic E-state index is 6.11. The van der Waals surface area contributed by atoms with Crippen molar-refractivity contribution in [1.82, 2.24) is 4.90 Å². The SMILES string of the molecule is C#CCC(Oc1cccc(C)c1C)C1=NCCN1C. The van der Waals surface area contributed by atoms with Crippen LogP contribution in [-0.4, -0.2) is 37.0 Å². The van der Waals surface area contributed by atoms with Crippen LogP contribution in [-0.2, 0) is 0 Å². The van der Waals surface area contributed by atoms with Crippen LogP contribution < -0.4 is 4.74 Å². The van der Waals surface area contributed by atoms with Gasteiger partial charge in [-0.05, 0) is 31.0 Å². The van der Waals surface area contributed by atoms with Crippen molar-refractivity contribution < 1.29 is 4.74 Å². The maximum absolute atomic E-state index is 6.11. The van der Waals surface area contributed by atoms with Crippen molar-refractivity contribution in [1.29, 1.82) is 0 Å². The highest BCUT2D eigenvalue weighted by atomic mass is 16.5. The molecular formula is C16H20N2O. The Hall–Kier alpha value is -1.95. The lowest BCUT2D eigenvalue weighted by Crippen LogP contribution is -2.37.